The van der Waals surface area contributed by atoms with Gasteiger partial charge in [-0.3, -0.25) is 0 Å². The lowest BCUT2D eigenvalue weighted by atomic mass is 9.82. The maximum absolute atomic E-state index is 8.99. The van der Waals surface area contributed by atoms with E-state index in [9.17, 15) is 0 Å². The Morgan fingerprint density at radius 3 is 2.31 bits per heavy atom. The molecule has 2 heteroatoms. The highest BCUT2D eigenvalue weighted by atomic mass is 16.3. The second kappa shape index (κ2) is 5.61. The van der Waals surface area contributed by atoms with E-state index in [1.54, 1.807) is 0 Å². The minimum Gasteiger partial charge on any atom is -0.396 e. The third kappa shape index (κ3) is 3.28. The maximum atomic E-state index is 8.99. The molecule has 0 heterocycles. The van der Waals surface area contributed by atoms with Gasteiger partial charge in [-0.15, -0.1) is 0 Å². The highest BCUT2D eigenvalue weighted by Crippen LogP contribution is 2.29. The summed E-state index contributed by atoms with van der Waals surface area (Å²) in [5.41, 5.74) is 0. The van der Waals surface area contributed by atoms with Gasteiger partial charge in [0.2, 0.25) is 0 Å². The van der Waals surface area contributed by atoms with Gasteiger partial charge in [0.25, 0.3) is 0 Å². The van der Waals surface area contributed by atoms with E-state index in [4.69, 9.17) is 5.11 Å². The summed E-state index contributed by atoms with van der Waals surface area (Å²) < 4.78 is 0. The molecule has 1 atom stereocenters. The normalized spacial score (nSPS) is 22.2. The lowest BCUT2D eigenvalue weighted by Crippen LogP contribution is -2.37. The first-order valence-corrected chi connectivity index (χ1v) is 5.53. The maximum Gasteiger partial charge on any atom is 0.0446 e. The Bertz CT molecular complexity index is 130. The number of aliphatic hydroxyl groups excluding tert-OH is 1. The molecule has 0 aromatic heterocycles. The zero-order valence-electron chi connectivity index (χ0n) is 9.00. The Morgan fingerprint density at radius 1 is 1.23 bits per heavy atom. The van der Waals surface area contributed by atoms with Crippen molar-refractivity contribution in [3.05, 3.63) is 0 Å². The minimum absolute atomic E-state index is 0.333. The van der Waals surface area contributed by atoms with Crippen LogP contribution in [-0.4, -0.2) is 36.8 Å². The van der Waals surface area contributed by atoms with E-state index in [1.807, 2.05) is 0 Å². The number of rotatable bonds is 4. The minimum atomic E-state index is 0.333. The fourth-order valence-electron chi connectivity index (χ4n) is 2.57. The Labute approximate surface area is 81.9 Å². The molecule has 1 fully saturated rings. The summed E-state index contributed by atoms with van der Waals surface area (Å²) in [6, 6.07) is 0.602. The van der Waals surface area contributed by atoms with Crippen LogP contribution in [0.5, 0.6) is 0 Å². The molecule has 0 bridgehead atoms. The van der Waals surface area contributed by atoms with Crippen molar-refractivity contribution in [2.45, 2.75) is 44.6 Å². The van der Waals surface area contributed by atoms with E-state index in [1.165, 1.54) is 32.1 Å². The van der Waals surface area contributed by atoms with E-state index in [-0.39, 0.29) is 0 Å². The molecule has 1 saturated carbocycles. The molecule has 78 valence electrons. The molecular formula is C11H23NO. The molecule has 0 aliphatic heterocycles. The highest BCUT2D eigenvalue weighted by molar-refractivity contribution is 4.78. The Hall–Kier alpha value is -0.0800. The van der Waals surface area contributed by atoms with Crippen molar-refractivity contribution >= 4 is 0 Å². The van der Waals surface area contributed by atoms with Gasteiger partial charge in [0.15, 0.2) is 0 Å². The molecule has 0 aromatic carbocycles. The first-order chi connectivity index (χ1) is 6.25. The Balaban J connectivity index is 2.41. The van der Waals surface area contributed by atoms with Crippen molar-refractivity contribution in [2.24, 2.45) is 5.92 Å². The number of hydrogen-bond donors (Lipinski definition) is 1. The highest BCUT2D eigenvalue weighted by Gasteiger charge is 2.24. The van der Waals surface area contributed by atoms with Crippen molar-refractivity contribution in [1.29, 1.82) is 0 Å². The monoisotopic (exact) mass is 185 g/mol. The zero-order chi connectivity index (χ0) is 9.68. The van der Waals surface area contributed by atoms with E-state index in [2.05, 4.69) is 19.0 Å². The second-order valence-electron chi connectivity index (χ2n) is 4.44. The van der Waals surface area contributed by atoms with Crippen LogP contribution in [0.2, 0.25) is 0 Å². The zero-order valence-corrected chi connectivity index (χ0v) is 9.00. The molecule has 0 radical (unpaired) electrons. The number of aliphatic hydroxyl groups is 1. The fraction of sp³-hybridized carbons (Fsp3) is 1.00. The molecular weight excluding hydrogens is 162 g/mol. The predicted octanol–water partition coefficient (Wildman–Crippen LogP) is 1.88. The molecule has 1 N–H and O–H groups in total. The van der Waals surface area contributed by atoms with E-state index >= 15 is 0 Å². The first kappa shape index (κ1) is 11.0. The summed E-state index contributed by atoms with van der Waals surface area (Å²) in [4.78, 5) is 2.28. The fourth-order valence-corrected chi connectivity index (χ4v) is 2.57. The molecule has 1 aliphatic rings. The molecule has 0 spiro atoms. The van der Waals surface area contributed by atoms with Crippen LogP contribution in [-0.2, 0) is 0 Å². The predicted molar refractivity (Wildman–Crippen MR) is 55.8 cm³/mol. The average Bonchev–Trinajstić information content (AvgIpc) is 2.15. The van der Waals surface area contributed by atoms with Gasteiger partial charge < -0.3 is 10.0 Å². The molecule has 1 aliphatic carbocycles. The van der Waals surface area contributed by atoms with E-state index < -0.39 is 0 Å². The largest absolute Gasteiger partial charge is 0.396 e. The van der Waals surface area contributed by atoms with Crippen molar-refractivity contribution in [2.75, 3.05) is 20.7 Å². The standard InChI is InChI=1S/C11H23NO/c1-12(2)11(8-9-13)10-6-4-3-5-7-10/h10-11,13H,3-9H2,1-2H3. The second-order valence-corrected chi connectivity index (χ2v) is 4.44. The van der Waals surface area contributed by atoms with Crippen molar-refractivity contribution < 1.29 is 5.11 Å². The lowest BCUT2D eigenvalue weighted by Gasteiger charge is -2.34. The van der Waals surface area contributed by atoms with Gasteiger partial charge in [-0.05, 0) is 39.3 Å². The number of nitrogens with zero attached hydrogens (tertiary/aromatic N) is 1. The third-order valence-corrected chi connectivity index (χ3v) is 3.28. The first-order valence-electron chi connectivity index (χ1n) is 5.53. The molecule has 0 aromatic rings. The van der Waals surface area contributed by atoms with Crippen LogP contribution in [0.3, 0.4) is 0 Å². The summed E-state index contributed by atoms with van der Waals surface area (Å²) in [6.45, 7) is 0.333. The summed E-state index contributed by atoms with van der Waals surface area (Å²) in [5, 5.41) is 8.99. The van der Waals surface area contributed by atoms with Crippen LogP contribution in [0.1, 0.15) is 38.5 Å². The van der Waals surface area contributed by atoms with E-state index in [0.717, 1.165) is 12.3 Å². The summed E-state index contributed by atoms with van der Waals surface area (Å²) >= 11 is 0. The third-order valence-electron chi connectivity index (χ3n) is 3.28. The van der Waals surface area contributed by atoms with Gasteiger partial charge in [-0.25, -0.2) is 0 Å². The van der Waals surface area contributed by atoms with Crippen molar-refractivity contribution in [3.8, 4) is 0 Å². The van der Waals surface area contributed by atoms with Crippen LogP contribution < -0.4 is 0 Å². The topological polar surface area (TPSA) is 23.5 Å². The summed E-state index contributed by atoms with van der Waals surface area (Å²) in [6.07, 6.45) is 7.86. The van der Waals surface area contributed by atoms with Crippen LogP contribution in [0.4, 0.5) is 0 Å². The number of hydrogen-bond acceptors (Lipinski definition) is 2. The smallest absolute Gasteiger partial charge is 0.0446 e. The van der Waals surface area contributed by atoms with Crippen LogP contribution >= 0.6 is 0 Å². The van der Waals surface area contributed by atoms with Gasteiger partial charge >= 0.3 is 0 Å². The SMILES string of the molecule is CN(C)C(CCO)C1CCCCC1. The van der Waals surface area contributed by atoms with E-state index in [0.29, 0.717) is 12.6 Å². The van der Waals surface area contributed by atoms with Gasteiger partial charge in [-0.1, -0.05) is 19.3 Å². The van der Waals surface area contributed by atoms with Gasteiger partial charge in [0.05, 0.1) is 0 Å². The van der Waals surface area contributed by atoms with Crippen molar-refractivity contribution in [1.82, 2.24) is 4.90 Å². The molecule has 0 amide bonds. The molecule has 0 saturated heterocycles. The van der Waals surface area contributed by atoms with Crippen LogP contribution in [0.25, 0.3) is 0 Å². The lowest BCUT2D eigenvalue weighted by molar-refractivity contribution is 0.133. The van der Waals surface area contributed by atoms with Crippen LogP contribution in [0.15, 0.2) is 0 Å². The van der Waals surface area contributed by atoms with Crippen molar-refractivity contribution in [3.63, 3.8) is 0 Å². The van der Waals surface area contributed by atoms with Crippen LogP contribution in [0, 0.1) is 5.92 Å². The Kier molecular flexibility index (Phi) is 4.74. The quantitative estimate of drug-likeness (QED) is 0.723. The van der Waals surface area contributed by atoms with Gasteiger partial charge in [0, 0.05) is 12.6 Å². The van der Waals surface area contributed by atoms with Gasteiger partial charge in [-0.2, -0.15) is 0 Å². The van der Waals surface area contributed by atoms with Gasteiger partial charge in [0.1, 0.15) is 0 Å². The molecule has 1 unspecified atom stereocenters. The Morgan fingerprint density at radius 2 is 1.85 bits per heavy atom. The molecule has 13 heavy (non-hydrogen) atoms. The molecule has 2 nitrogen and oxygen atoms in total. The summed E-state index contributed by atoms with van der Waals surface area (Å²) in [7, 11) is 4.27. The summed E-state index contributed by atoms with van der Waals surface area (Å²) in [5.74, 6) is 0.830. The average molecular weight is 185 g/mol. The molecule has 1 rings (SSSR count).